The monoisotopic (exact) mass is 504 g/mol. The van der Waals surface area contributed by atoms with E-state index in [-0.39, 0.29) is 6.79 Å². The summed E-state index contributed by atoms with van der Waals surface area (Å²) in [5.74, 6) is 0.822. The van der Waals surface area contributed by atoms with Gasteiger partial charge in [0.2, 0.25) is 6.79 Å². The Morgan fingerprint density at radius 3 is 2.32 bits per heavy atom. The molecule has 7 nitrogen and oxygen atoms in total. The molecular formula is C30H32O7. The van der Waals surface area contributed by atoms with Crippen molar-refractivity contribution in [2.45, 2.75) is 38.5 Å². The van der Waals surface area contributed by atoms with Crippen molar-refractivity contribution in [2.75, 3.05) is 27.1 Å². The summed E-state index contributed by atoms with van der Waals surface area (Å²) >= 11 is 0. The van der Waals surface area contributed by atoms with Crippen LogP contribution in [0.4, 0.5) is 0 Å². The van der Waals surface area contributed by atoms with Crippen LogP contribution in [0.25, 0.3) is 0 Å². The maximum atomic E-state index is 13.0. The van der Waals surface area contributed by atoms with Crippen molar-refractivity contribution < 1.29 is 33.6 Å². The smallest absolute Gasteiger partial charge is 0.308 e. The second-order valence-electron chi connectivity index (χ2n) is 9.32. The van der Waals surface area contributed by atoms with Crippen LogP contribution in [0.1, 0.15) is 60.8 Å². The van der Waals surface area contributed by atoms with Crippen LogP contribution in [-0.2, 0) is 4.79 Å². The molecule has 3 atom stereocenters. The summed E-state index contributed by atoms with van der Waals surface area (Å²) in [5.41, 5.74) is 3.57. The van der Waals surface area contributed by atoms with Gasteiger partial charge in [-0.25, -0.2) is 0 Å². The number of hydrogen-bond donors (Lipinski definition) is 1. The van der Waals surface area contributed by atoms with Crippen molar-refractivity contribution in [3.8, 4) is 28.7 Å². The molecule has 3 aromatic carbocycles. The van der Waals surface area contributed by atoms with E-state index in [2.05, 4.69) is 6.92 Å². The molecule has 0 fully saturated rings. The molecule has 2 aliphatic rings. The van der Waals surface area contributed by atoms with Gasteiger partial charge in [0.15, 0.2) is 11.5 Å². The molecule has 0 amide bonds. The number of carboxylic acids is 1. The first-order chi connectivity index (χ1) is 18.0. The number of rotatable bonds is 10. The van der Waals surface area contributed by atoms with Crippen LogP contribution in [0.2, 0.25) is 0 Å². The van der Waals surface area contributed by atoms with Crippen LogP contribution in [0.15, 0.2) is 54.6 Å². The van der Waals surface area contributed by atoms with Crippen LogP contribution in [0.5, 0.6) is 28.7 Å². The zero-order valence-electron chi connectivity index (χ0n) is 21.4. The summed E-state index contributed by atoms with van der Waals surface area (Å²) in [6.07, 6.45) is 1.71. The first-order valence-corrected chi connectivity index (χ1v) is 12.7. The third-order valence-corrected chi connectivity index (χ3v) is 6.98. The first kappa shape index (κ1) is 24.8. The van der Waals surface area contributed by atoms with Crippen LogP contribution in [0, 0.1) is 5.92 Å². The largest absolute Gasteiger partial charge is 0.497 e. The predicted octanol–water partition coefficient (Wildman–Crippen LogP) is 5.98. The van der Waals surface area contributed by atoms with Gasteiger partial charge in [0.1, 0.15) is 17.2 Å². The summed E-state index contributed by atoms with van der Waals surface area (Å²) in [5, 5.41) is 10.7. The highest BCUT2D eigenvalue weighted by atomic mass is 16.7. The summed E-state index contributed by atoms with van der Waals surface area (Å²) in [6.45, 7) is 5.36. The molecule has 0 aromatic heterocycles. The molecule has 1 N–H and O–H groups in total. The minimum absolute atomic E-state index is 0.160. The third kappa shape index (κ3) is 4.66. The quantitative estimate of drug-likeness (QED) is 0.364. The molecule has 0 spiro atoms. The lowest BCUT2D eigenvalue weighted by molar-refractivity contribution is -0.142. The maximum Gasteiger partial charge on any atom is 0.308 e. The highest BCUT2D eigenvalue weighted by molar-refractivity contribution is 5.78. The van der Waals surface area contributed by atoms with Gasteiger partial charge in [-0.15, -0.1) is 0 Å². The first-order valence-electron chi connectivity index (χ1n) is 12.7. The summed E-state index contributed by atoms with van der Waals surface area (Å²) in [7, 11) is 1.61. The minimum Gasteiger partial charge on any atom is -0.497 e. The van der Waals surface area contributed by atoms with Crippen LogP contribution in [0.3, 0.4) is 0 Å². The number of carboxylic acid groups (broad SMARTS) is 1. The van der Waals surface area contributed by atoms with Gasteiger partial charge in [-0.3, -0.25) is 4.79 Å². The van der Waals surface area contributed by atoms with E-state index in [4.69, 9.17) is 23.7 Å². The van der Waals surface area contributed by atoms with E-state index < -0.39 is 23.7 Å². The average molecular weight is 505 g/mol. The molecule has 3 aromatic rings. The Bertz CT molecular complexity index is 1280. The minimum atomic E-state index is -0.878. The van der Waals surface area contributed by atoms with Crippen molar-refractivity contribution in [1.29, 1.82) is 0 Å². The molecule has 0 bridgehead atoms. The van der Waals surface area contributed by atoms with E-state index in [9.17, 15) is 9.90 Å². The van der Waals surface area contributed by atoms with Gasteiger partial charge < -0.3 is 28.8 Å². The third-order valence-electron chi connectivity index (χ3n) is 6.98. The zero-order chi connectivity index (χ0) is 25.9. The fraction of sp³-hybridized carbons (Fsp3) is 0.367. The molecule has 37 heavy (non-hydrogen) atoms. The highest BCUT2D eigenvalue weighted by Gasteiger charge is 2.48. The second-order valence-corrected chi connectivity index (χ2v) is 9.32. The maximum absolute atomic E-state index is 13.0. The molecule has 7 heteroatoms. The Hall–Kier alpha value is -3.87. The van der Waals surface area contributed by atoms with Gasteiger partial charge >= 0.3 is 5.97 Å². The normalized spacial score (nSPS) is 19.4. The number of aliphatic carboxylic acids is 1. The zero-order valence-corrected chi connectivity index (χ0v) is 21.4. The molecule has 3 unspecified atom stereocenters. The van der Waals surface area contributed by atoms with Gasteiger partial charge in [0.25, 0.3) is 0 Å². The molecule has 1 heterocycles. The molecule has 1 aliphatic carbocycles. The number of carbonyl (C=O) groups is 1. The number of fused-ring (bicyclic) bond motifs is 2. The van der Waals surface area contributed by atoms with Crippen LogP contribution in [-0.4, -0.2) is 38.2 Å². The Morgan fingerprint density at radius 2 is 1.57 bits per heavy atom. The fourth-order valence-corrected chi connectivity index (χ4v) is 5.37. The molecule has 194 valence electrons. The second kappa shape index (κ2) is 10.6. The lowest BCUT2D eigenvalue weighted by Gasteiger charge is -2.25. The fourth-order valence-electron chi connectivity index (χ4n) is 5.37. The Kier molecular flexibility index (Phi) is 7.12. The summed E-state index contributed by atoms with van der Waals surface area (Å²) in [6, 6.07) is 17.2. The van der Waals surface area contributed by atoms with E-state index in [1.54, 1.807) is 7.11 Å². The highest BCUT2D eigenvalue weighted by Crippen LogP contribution is 2.56. The number of benzene rings is 3. The van der Waals surface area contributed by atoms with Crippen molar-refractivity contribution in [2.24, 2.45) is 5.92 Å². The van der Waals surface area contributed by atoms with Gasteiger partial charge in [-0.2, -0.15) is 0 Å². The Morgan fingerprint density at radius 1 is 0.838 bits per heavy atom. The van der Waals surface area contributed by atoms with Crippen molar-refractivity contribution in [3.63, 3.8) is 0 Å². The molecule has 0 saturated heterocycles. The van der Waals surface area contributed by atoms with E-state index in [1.807, 2.05) is 61.5 Å². The van der Waals surface area contributed by atoms with E-state index in [0.29, 0.717) is 36.2 Å². The van der Waals surface area contributed by atoms with Gasteiger partial charge in [-0.1, -0.05) is 32.0 Å². The lowest BCUT2D eigenvalue weighted by atomic mass is 9.79. The number of hydrogen-bond acceptors (Lipinski definition) is 6. The van der Waals surface area contributed by atoms with E-state index in [0.717, 1.165) is 40.8 Å². The lowest BCUT2D eigenvalue weighted by Crippen LogP contribution is -2.24. The van der Waals surface area contributed by atoms with Crippen LogP contribution < -0.4 is 23.7 Å². The summed E-state index contributed by atoms with van der Waals surface area (Å²) in [4.78, 5) is 13.0. The predicted molar refractivity (Wildman–Crippen MR) is 138 cm³/mol. The summed E-state index contributed by atoms with van der Waals surface area (Å²) < 4.78 is 28.7. The Labute approximate surface area is 216 Å². The average Bonchev–Trinajstić information content (AvgIpc) is 3.52. The molecular weight excluding hydrogens is 472 g/mol. The standard InChI is InChI=1S/C30H32O7/c1-4-12-34-20-8-9-21-23(15-20)28(22-10-7-19(33-3)16-25(22)35-13-5-2)29(30(31)32)27(21)18-6-11-24-26(14-18)37-17-36-24/h6-11,14-16,27-29H,4-5,12-13,17H2,1-3H3,(H,31,32). The van der Waals surface area contributed by atoms with Gasteiger partial charge in [0, 0.05) is 23.5 Å². The van der Waals surface area contributed by atoms with E-state index in [1.165, 1.54) is 0 Å². The molecule has 0 radical (unpaired) electrons. The molecule has 5 rings (SSSR count). The van der Waals surface area contributed by atoms with Crippen LogP contribution >= 0.6 is 0 Å². The van der Waals surface area contributed by atoms with Crippen molar-refractivity contribution >= 4 is 5.97 Å². The SMILES string of the molecule is CCCOc1ccc2c(c1)C(c1ccc(OC)cc1OCCC)C(C(=O)O)C2c1ccc2c(c1)OCO2. The van der Waals surface area contributed by atoms with Crippen molar-refractivity contribution in [1.82, 2.24) is 0 Å². The number of methoxy groups -OCH3 is 1. The van der Waals surface area contributed by atoms with Gasteiger partial charge in [0.05, 0.1) is 26.2 Å². The van der Waals surface area contributed by atoms with E-state index >= 15 is 0 Å². The topological polar surface area (TPSA) is 83.5 Å². The Balaban J connectivity index is 1.69. The molecule has 1 aliphatic heterocycles. The van der Waals surface area contributed by atoms with Gasteiger partial charge in [-0.05, 0) is 59.9 Å². The number of ether oxygens (including phenoxy) is 5. The molecule has 0 saturated carbocycles. The van der Waals surface area contributed by atoms with Crippen molar-refractivity contribution in [3.05, 3.63) is 76.9 Å².